The zero-order valence-corrected chi connectivity index (χ0v) is 17.8. The third-order valence-corrected chi connectivity index (χ3v) is 5.97. The van der Waals surface area contributed by atoms with Crippen molar-refractivity contribution in [3.05, 3.63) is 65.7 Å². The van der Waals surface area contributed by atoms with E-state index in [2.05, 4.69) is 31.3 Å². The molecular formula is C22H25FN4O2S. The van der Waals surface area contributed by atoms with Gasteiger partial charge in [-0.15, -0.1) is 0 Å². The Hall–Kier alpha value is -2.71. The molecule has 158 valence electrons. The maximum absolute atomic E-state index is 13.0. The van der Waals surface area contributed by atoms with Gasteiger partial charge in [-0.05, 0) is 48.4 Å². The van der Waals surface area contributed by atoms with Gasteiger partial charge in [0.2, 0.25) is 5.13 Å². The van der Waals surface area contributed by atoms with Crippen molar-refractivity contribution in [3.8, 4) is 11.5 Å². The van der Waals surface area contributed by atoms with Crippen molar-refractivity contribution >= 4 is 16.7 Å². The summed E-state index contributed by atoms with van der Waals surface area (Å²) in [6.45, 7) is 5.23. The lowest BCUT2D eigenvalue weighted by Gasteiger charge is -2.34. The van der Waals surface area contributed by atoms with Crippen LogP contribution in [0.2, 0.25) is 0 Å². The summed E-state index contributed by atoms with van der Waals surface area (Å²) in [5.41, 5.74) is 1.33. The number of benzene rings is 2. The van der Waals surface area contributed by atoms with Gasteiger partial charge in [-0.3, -0.25) is 4.90 Å². The van der Waals surface area contributed by atoms with Crippen molar-refractivity contribution < 1.29 is 13.9 Å². The number of ether oxygens (including phenoxy) is 2. The molecule has 0 amide bonds. The highest BCUT2D eigenvalue weighted by Crippen LogP contribution is 2.21. The topological polar surface area (TPSA) is 50.7 Å². The van der Waals surface area contributed by atoms with Crippen LogP contribution in [0.3, 0.4) is 0 Å². The van der Waals surface area contributed by atoms with Crippen LogP contribution < -0.4 is 14.4 Å². The summed E-state index contributed by atoms with van der Waals surface area (Å²) in [5, 5.41) is 0.933. The normalized spacial score (nSPS) is 14.7. The average Bonchev–Trinajstić information content (AvgIpc) is 3.27. The largest absolute Gasteiger partial charge is 0.497 e. The minimum atomic E-state index is -0.278. The van der Waals surface area contributed by atoms with E-state index < -0.39 is 0 Å². The quantitative estimate of drug-likeness (QED) is 0.546. The van der Waals surface area contributed by atoms with E-state index in [4.69, 9.17) is 9.47 Å². The summed E-state index contributed by atoms with van der Waals surface area (Å²) in [4.78, 5) is 9.37. The molecule has 2 aromatic carbocycles. The highest BCUT2D eigenvalue weighted by molar-refractivity contribution is 7.09. The maximum atomic E-state index is 13.0. The SMILES string of the molecule is COc1ccc(CCN2CCN(c3nc(COc4ccc(F)cc4)ns3)CC2)cc1. The fourth-order valence-corrected chi connectivity index (χ4v) is 4.08. The molecule has 1 aliphatic heterocycles. The van der Waals surface area contributed by atoms with Crippen molar-refractivity contribution in [3.63, 3.8) is 0 Å². The van der Waals surface area contributed by atoms with Crippen LogP contribution in [0.1, 0.15) is 11.4 Å². The summed E-state index contributed by atoms with van der Waals surface area (Å²) in [6.07, 6.45) is 1.04. The Bertz CT molecular complexity index is 925. The molecule has 0 spiro atoms. The number of rotatable bonds is 8. The van der Waals surface area contributed by atoms with Gasteiger partial charge >= 0.3 is 0 Å². The molecule has 4 rings (SSSR count). The van der Waals surface area contributed by atoms with Crippen molar-refractivity contribution in [1.29, 1.82) is 0 Å². The zero-order chi connectivity index (χ0) is 20.8. The Morgan fingerprint density at radius 1 is 0.967 bits per heavy atom. The third kappa shape index (κ3) is 5.46. The van der Waals surface area contributed by atoms with Gasteiger partial charge in [0.15, 0.2) is 5.82 Å². The summed E-state index contributed by atoms with van der Waals surface area (Å²) in [5.74, 6) is 1.88. The number of piperazine rings is 1. The Morgan fingerprint density at radius 2 is 1.67 bits per heavy atom. The van der Waals surface area contributed by atoms with Gasteiger partial charge < -0.3 is 14.4 Å². The van der Waals surface area contributed by atoms with E-state index in [-0.39, 0.29) is 12.4 Å². The van der Waals surface area contributed by atoms with Crippen molar-refractivity contribution in [1.82, 2.24) is 14.3 Å². The summed E-state index contributed by atoms with van der Waals surface area (Å²) < 4.78 is 28.2. The van der Waals surface area contributed by atoms with Gasteiger partial charge in [0.1, 0.15) is 23.9 Å². The fraction of sp³-hybridized carbons (Fsp3) is 0.364. The van der Waals surface area contributed by atoms with E-state index in [0.29, 0.717) is 11.6 Å². The molecular weight excluding hydrogens is 403 g/mol. The number of anilines is 1. The molecule has 1 aliphatic rings. The second kappa shape index (κ2) is 9.86. The molecule has 6 nitrogen and oxygen atoms in total. The Kier molecular flexibility index (Phi) is 6.76. The lowest BCUT2D eigenvalue weighted by molar-refractivity contribution is 0.260. The van der Waals surface area contributed by atoms with Gasteiger partial charge in [-0.2, -0.15) is 9.36 Å². The van der Waals surface area contributed by atoms with Crippen LogP contribution in [0.5, 0.6) is 11.5 Å². The van der Waals surface area contributed by atoms with E-state index in [1.807, 2.05) is 12.1 Å². The van der Waals surface area contributed by atoms with Crippen LogP contribution in [0.25, 0.3) is 0 Å². The van der Waals surface area contributed by atoms with Gasteiger partial charge in [0, 0.05) is 44.3 Å². The van der Waals surface area contributed by atoms with E-state index in [0.717, 1.165) is 50.0 Å². The molecule has 30 heavy (non-hydrogen) atoms. The first kappa shape index (κ1) is 20.6. The Balaban J connectivity index is 1.21. The number of aromatic nitrogens is 2. The van der Waals surface area contributed by atoms with Crippen LogP contribution in [0.4, 0.5) is 9.52 Å². The molecule has 3 aromatic rings. The van der Waals surface area contributed by atoms with Crippen LogP contribution in [-0.4, -0.2) is 54.1 Å². The van der Waals surface area contributed by atoms with Crippen molar-refractivity contribution in [2.24, 2.45) is 0 Å². The van der Waals surface area contributed by atoms with Crippen LogP contribution in [0, 0.1) is 5.82 Å². The van der Waals surface area contributed by atoms with Crippen LogP contribution in [0.15, 0.2) is 48.5 Å². The molecule has 1 saturated heterocycles. The summed E-state index contributed by atoms with van der Waals surface area (Å²) in [7, 11) is 1.69. The molecule has 1 fully saturated rings. The predicted octanol–water partition coefficient (Wildman–Crippen LogP) is 3.63. The predicted molar refractivity (Wildman–Crippen MR) is 116 cm³/mol. The molecule has 0 unspecified atom stereocenters. The van der Waals surface area contributed by atoms with E-state index in [1.54, 1.807) is 19.2 Å². The summed E-state index contributed by atoms with van der Waals surface area (Å²) >= 11 is 1.40. The third-order valence-electron chi connectivity index (χ3n) is 5.16. The number of nitrogens with zero attached hydrogens (tertiary/aromatic N) is 4. The zero-order valence-electron chi connectivity index (χ0n) is 17.0. The monoisotopic (exact) mass is 428 g/mol. The van der Waals surface area contributed by atoms with Gasteiger partial charge in [0.05, 0.1) is 7.11 Å². The highest BCUT2D eigenvalue weighted by Gasteiger charge is 2.20. The molecule has 0 atom stereocenters. The van der Waals surface area contributed by atoms with E-state index >= 15 is 0 Å². The minimum Gasteiger partial charge on any atom is -0.497 e. The maximum Gasteiger partial charge on any atom is 0.205 e. The second-order valence-corrected chi connectivity index (χ2v) is 7.89. The van der Waals surface area contributed by atoms with Crippen LogP contribution in [-0.2, 0) is 13.0 Å². The number of halogens is 1. The molecule has 8 heteroatoms. The number of methoxy groups -OCH3 is 1. The lowest BCUT2D eigenvalue weighted by atomic mass is 10.1. The van der Waals surface area contributed by atoms with Gasteiger partial charge in [-0.25, -0.2) is 4.39 Å². The van der Waals surface area contributed by atoms with Gasteiger partial charge in [0.25, 0.3) is 0 Å². The Morgan fingerprint density at radius 3 is 2.37 bits per heavy atom. The average molecular weight is 429 g/mol. The second-order valence-electron chi connectivity index (χ2n) is 7.16. The molecule has 0 radical (unpaired) electrons. The first-order chi connectivity index (χ1) is 14.7. The fourth-order valence-electron chi connectivity index (χ4n) is 3.35. The van der Waals surface area contributed by atoms with Crippen molar-refractivity contribution in [2.45, 2.75) is 13.0 Å². The molecule has 0 bridgehead atoms. The lowest BCUT2D eigenvalue weighted by Crippen LogP contribution is -2.47. The molecule has 0 saturated carbocycles. The standard InChI is InChI=1S/C22H25FN4O2S/c1-28-19-6-2-17(3-7-19)10-11-26-12-14-27(15-13-26)22-24-21(25-30-22)16-29-20-8-4-18(23)5-9-20/h2-9H,10-16H2,1H3. The number of hydrogen-bond acceptors (Lipinski definition) is 7. The molecule has 0 N–H and O–H groups in total. The van der Waals surface area contributed by atoms with E-state index in [9.17, 15) is 4.39 Å². The molecule has 1 aromatic heterocycles. The first-order valence-electron chi connectivity index (χ1n) is 10.0. The van der Waals surface area contributed by atoms with Gasteiger partial charge in [-0.1, -0.05) is 12.1 Å². The smallest absolute Gasteiger partial charge is 0.205 e. The van der Waals surface area contributed by atoms with Crippen molar-refractivity contribution in [2.75, 3.05) is 44.7 Å². The Labute approximate surface area is 180 Å². The number of hydrogen-bond donors (Lipinski definition) is 0. The minimum absolute atomic E-state index is 0.278. The van der Waals surface area contributed by atoms with Crippen LogP contribution >= 0.6 is 11.5 Å². The summed E-state index contributed by atoms with van der Waals surface area (Å²) in [6, 6.07) is 14.3. The first-order valence-corrected chi connectivity index (χ1v) is 10.8. The molecule has 0 aliphatic carbocycles. The highest BCUT2D eigenvalue weighted by atomic mass is 32.1. The van der Waals surface area contributed by atoms with E-state index in [1.165, 1.54) is 29.2 Å². The molecule has 2 heterocycles.